The van der Waals surface area contributed by atoms with E-state index in [1.807, 2.05) is 36.4 Å². The molecule has 10 aromatic carbocycles. The first kappa shape index (κ1) is 14.6. The van der Waals surface area contributed by atoms with Crippen LogP contribution in [0.3, 0.4) is 0 Å². The van der Waals surface area contributed by atoms with Gasteiger partial charge in [0.1, 0.15) is 11.2 Å². The molecule has 0 bridgehead atoms. The van der Waals surface area contributed by atoms with Crippen molar-refractivity contribution in [2.24, 2.45) is 0 Å². The first-order valence-electron chi connectivity index (χ1n) is 26.4. The van der Waals surface area contributed by atoms with E-state index in [-0.39, 0.29) is 11.1 Å². The Hall–Kier alpha value is -6.70. The first-order chi connectivity index (χ1) is 34.0. The number of benzene rings is 10. The second kappa shape index (κ2) is 10.9. The van der Waals surface area contributed by atoms with Crippen LogP contribution in [0.1, 0.15) is 28.8 Å². The third kappa shape index (κ3) is 4.42. The normalized spacial score (nSPS) is 17.7. The first-order valence-corrected chi connectivity index (χ1v) is 15.9. The van der Waals surface area contributed by atoms with Crippen LogP contribution in [0.4, 0.5) is 0 Å². The third-order valence-corrected chi connectivity index (χ3v) is 9.13. The molecule has 0 aliphatic heterocycles. The predicted molar refractivity (Wildman–Crippen MR) is 218 cm³/mol. The number of fused-ring (bicyclic) bond motifs is 8. The van der Waals surface area contributed by atoms with Crippen molar-refractivity contribution in [2.75, 3.05) is 0 Å². The van der Waals surface area contributed by atoms with Crippen LogP contribution in [0.15, 0.2) is 186 Å². The second-order valence-electron chi connectivity index (χ2n) is 12.0. The van der Waals surface area contributed by atoms with E-state index >= 15 is 0 Å². The Bertz CT molecular complexity index is 4410. The minimum Gasteiger partial charge on any atom is -0.456 e. The van der Waals surface area contributed by atoms with Crippen molar-refractivity contribution in [2.45, 2.75) is 0 Å². The number of hydrogen-bond acceptors (Lipinski definition) is 1. The Labute approximate surface area is 324 Å². The standard InChI is InChI=1S/C50H30O/c1-3-11-33-25-39(19-17-31(33)9-1)49-42-15-7-8-16-43(42)50(40-20-18-32-10-2-4-12-34(32)26-40)46-28-37(22-24-44(46)49)38-21-23-41-45-27-35-13-5-6-14-36(35)29-48(45)51-47(41)30-38/h1-30H/i1D,2D,3D,4D,7D,8D,9D,10D,11D,12D,15D,16D,17D,18D,19D,20D,22D,24D,25D,26D,28D. The van der Waals surface area contributed by atoms with Crippen LogP contribution in [0.5, 0.6) is 0 Å². The summed E-state index contributed by atoms with van der Waals surface area (Å²) < 4.78 is 199. The zero-order chi connectivity index (χ0) is 51.7. The second-order valence-corrected chi connectivity index (χ2v) is 12.0. The molecule has 236 valence electrons. The molecule has 0 saturated carbocycles. The van der Waals surface area contributed by atoms with Gasteiger partial charge in [-0.2, -0.15) is 0 Å². The summed E-state index contributed by atoms with van der Waals surface area (Å²) in [6, 6.07) is -0.688. The molecule has 0 atom stereocenters. The van der Waals surface area contributed by atoms with Gasteiger partial charge < -0.3 is 4.42 Å². The lowest BCUT2D eigenvalue weighted by Crippen LogP contribution is -1.92. The van der Waals surface area contributed by atoms with Gasteiger partial charge in [-0.1, -0.05) is 139 Å². The molecule has 0 spiro atoms. The summed E-state index contributed by atoms with van der Waals surface area (Å²) in [5.41, 5.74) is -1.80. The van der Waals surface area contributed by atoms with Crippen molar-refractivity contribution >= 4 is 75.8 Å². The molecule has 1 heterocycles. The van der Waals surface area contributed by atoms with Gasteiger partial charge >= 0.3 is 0 Å². The molecule has 0 aliphatic carbocycles. The van der Waals surface area contributed by atoms with E-state index in [1.165, 1.54) is 6.07 Å². The van der Waals surface area contributed by atoms with E-state index in [0.29, 0.717) is 16.6 Å². The minimum atomic E-state index is -0.899. The molecule has 51 heavy (non-hydrogen) atoms. The molecule has 1 heteroatoms. The molecule has 0 unspecified atom stereocenters. The van der Waals surface area contributed by atoms with Crippen LogP contribution in [0.2, 0.25) is 0 Å². The van der Waals surface area contributed by atoms with Crippen molar-refractivity contribution in [3.8, 4) is 33.4 Å². The Morgan fingerprint density at radius 3 is 1.57 bits per heavy atom. The van der Waals surface area contributed by atoms with Crippen molar-refractivity contribution in [3.05, 3.63) is 181 Å². The van der Waals surface area contributed by atoms with Crippen LogP contribution in [-0.2, 0) is 0 Å². The van der Waals surface area contributed by atoms with E-state index in [1.54, 1.807) is 12.1 Å². The lowest BCUT2D eigenvalue weighted by Gasteiger charge is -2.19. The Balaban J connectivity index is 1.42. The maximum absolute atomic E-state index is 10.2. The molecular formula is C50H30O. The summed E-state index contributed by atoms with van der Waals surface area (Å²) in [7, 11) is 0. The van der Waals surface area contributed by atoms with Crippen molar-refractivity contribution < 1.29 is 33.2 Å². The van der Waals surface area contributed by atoms with E-state index < -0.39 is 192 Å². The van der Waals surface area contributed by atoms with E-state index in [0.717, 1.165) is 16.2 Å². The highest BCUT2D eigenvalue weighted by Gasteiger charge is 2.19. The van der Waals surface area contributed by atoms with Gasteiger partial charge in [0.2, 0.25) is 0 Å². The van der Waals surface area contributed by atoms with Crippen LogP contribution >= 0.6 is 0 Å². The minimum absolute atomic E-state index is 0.127. The molecular weight excluding hydrogens is 617 g/mol. The maximum Gasteiger partial charge on any atom is 0.136 e. The van der Waals surface area contributed by atoms with Crippen molar-refractivity contribution in [1.82, 2.24) is 0 Å². The quantitative estimate of drug-likeness (QED) is 0.171. The summed E-state index contributed by atoms with van der Waals surface area (Å²) in [6.45, 7) is 0. The fourth-order valence-corrected chi connectivity index (χ4v) is 6.79. The fraction of sp³-hybridized carbons (Fsp3) is 0. The molecule has 1 aromatic heterocycles. The zero-order valence-electron chi connectivity index (χ0n) is 47.1. The van der Waals surface area contributed by atoms with Gasteiger partial charge in [0.05, 0.1) is 28.8 Å². The Morgan fingerprint density at radius 2 is 0.882 bits per heavy atom. The molecule has 0 aliphatic rings. The third-order valence-electron chi connectivity index (χ3n) is 9.13. The smallest absolute Gasteiger partial charge is 0.136 e. The SMILES string of the molecule is [2H]c1c([2H])c([2H])c2c([2H])c(-c3c4c([2H])c([2H])c([2H])c([2H])c4c(-c4c([2H])c([2H])c5c([2H])c([2H])c([2H])c([2H])c5c4[2H])c4c([2H])c(-c5ccc6c(c5)oc5cc7ccccc7cc56)c([2H])c([2H])c34)c([2H])c([2H])c2c1[2H]. The maximum atomic E-state index is 10.2. The van der Waals surface area contributed by atoms with Crippen LogP contribution in [0, 0.1) is 0 Å². The number of rotatable bonds is 3. The van der Waals surface area contributed by atoms with Crippen LogP contribution < -0.4 is 0 Å². The summed E-state index contributed by atoms with van der Waals surface area (Å²) in [6.07, 6.45) is 0. The van der Waals surface area contributed by atoms with Gasteiger partial charge in [0.15, 0.2) is 0 Å². The monoisotopic (exact) mass is 667 g/mol. The van der Waals surface area contributed by atoms with Gasteiger partial charge in [-0.25, -0.2) is 0 Å². The van der Waals surface area contributed by atoms with E-state index in [9.17, 15) is 15.1 Å². The van der Waals surface area contributed by atoms with Crippen LogP contribution in [0.25, 0.3) is 109 Å². The molecule has 0 radical (unpaired) electrons. The van der Waals surface area contributed by atoms with Gasteiger partial charge in [0, 0.05) is 10.8 Å². The average Bonchev–Trinajstić information content (AvgIpc) is 3.71. The van der Waals surface area contributed by atoms with Gasteiger partial charge in [-0.15, -0.1) is 0 Å². The zero-order valence-corrected chi connectivity index (χ0v) is 26.1. The van der Waals surface area contributed by atoms with E-state index in [2.05, 4.69) is 0 Å². The van der Waals surface area contributed by atoms with E-state index in [4.69, 9.17) is 18.1 Å². The highest BCUT2D eigenvalue weighted by atomic mass is 16.3. The molecule has 11 rings (SSSR count). The van der Waals surface area contributed by atoms with Gasteiger partial charge in [-0.05, 0) is 130 Å². The van der Waals surface area contributed by atoms with Gasteiger partial charge in [0.25, 0.3) is 0 Å². The molecule has 11 aromatic rings. The molecule has 0 saturated heterocycles. The topological polar surface area (TPSA) is 13.1 Å². The van der Waals surface area contributed by atoms with Crippen molar-refractivity contribution in [1.29, 1.82) is 0 Å². The Kier molecular flexibility index (Phi) is 3.13. The lowest BCUT2D eigenvalue weighted by atomic mass is 9.84. The van der Waals surface area contributed by atoms with Gasteiger partial charge in [-0.3, -0.25) is 0 Å². The summed E-state index contributed by atoms with van der Waals surface area (Å²) in [5.74, 6) is 0. The number of hydrogen-bond donors (Lipinski definition) is 0. The van der Waals surface area contributed by atoms with Crippen LogP contribution in [-0.4, -0.2) is 0 Å². The molecule has 1 nitrogen and oxygen atoms in total. The molecule has 0 fully saturated rings. The summed E-state index contributed by atoms with van der Waals surface area (Å²) in [4.78, 5) is 0. The summed E-state index contributed by atoms with van der Waals surface area (Å²) >= 11 is 0. The van der Waals surface area contributed by atoms with Crippen molar-refractivity contribution in [3.63, 3.8) is 0 Å². The molecule has 0 amide bonds. The Morgan fingerprint density at radius 1 is 0.333 bits per heavy atom. The highest BCUT2D eigenvalue weighted by molar-refractivity contribution is 6.23. The summed E-state index contributed by atoms with van der Waals surface area (Å²) in [5, 5.41) is -1.20. The molecule has 0 N–H and O–H groups in total. The fourth-order valence-electron chi connectivity index (χ4n) is 6.79. The largest absolute Gasteiger partial charge is 0.456 e. The lowest BCUT2D eigenvalue weighted by molar-refractivity contribution is 0.669. The predicted octanol–water partition coefficient (Wildman–Crippen LogP) is 14.4. The number of furan rings is 1. The highest BCUT2D eigenvalue weighted by Crippen LogP contribution is 2.46. The average molecular weight is 668 g/mol.